The normalized spacial score (nSPS) is 16.5. The lowest BCUT2D eigenvalue weighted by Crippen LogP contribution is -1.88. The maximum Gasteiger partial charge on any atom is 0.244 e. The molecule has 0 saturated heterocycles. The van der Waals surface area contributed by atoms with Gasteiger partial charge in [0.15, 0.2) is 0 Å². The summed E-state index contributed by atoms with van der Waals surface area (Å²) in [6.45, 7) is 0. The minimum atomic E-state index is -0.0456. The summed E-state index contributed by atoms with van der Waals surface area (Å²) in [6.07, 6.45) is 6.85. The lowest BCUT2D eigenvalue weighted by atomic mass is 10.2. The van der Waals surface area contributed by atoms with Gasteiger partial charge < -0.3 is 4.42 Å². The number of benzene rings is 1. The number of furan rings is 1. The monoisotopic (exact) mass is 361 g/mol. The van der Waals surface area contributed by atoms with Gasteiger partial charge in [-0.3, -0.25) is 4.79 Å². The van der Waals surface area contributed by atoms with Crippen LogP contribution in [0.4, 0.5) is 0 Å². The van der Waals surface area contributed by atoms with Gasteiger partial charge in [0.05, 0.1) is 6.26 Å². The van der Waals surface area contributed by atoms with Crippen LogP contribution < -0.4 is 0 Å². The second-order valence-electron chi connectivity index (χ2n) is 4.57. The fourth-order valence-electron chi connectivity index (χ4n) is 1.84. The molecule has 0 aliphatic carbocycles. The van der Waals surface area contributed by atoms with Crippen LogP contribution in [0, 0.1) is 0 Å². The van der Waals surface area contributed by atoms with Gasteiger partial charge in [-0.05, 0) is 47.7 Å². The van der Waals surface area contributed by atoms with Crippen molar-refractivity contribution in [3.05, 3.63) is 76.9 Å². The Morgan fingerprint density at radius 1 is 1.26 bits per heavy atom. The summed E-state index contributed by atoms with van der Waals surface area (Å²) >= 11 is 8.79. The second kappa shape index (κ2) is 7.73. The van der Waals surface area contributed by atoms with Crippen LogP contribution in [0.1, 0.15) is 11.3 Å². The van der Waals surface area contributed by atoms with Crippen LogP contribution >= 0.6 is 35.1 Å². The molecule has 0 spiro atoms. The number of carbonyl (C=O) groups excluding carboxylic acids is 1. The molecule has 1 aliphatic rings. The molecule has 3 rings (SSSR count). The van der Waals surface area contributed by atoms with Gasteiger partial charge in [-0.15, -0.1) is 0 Å². The molecule has 2 heterocycles. The van der Waals surface area contributed by atoms with Gasteiger partial charge in [0, 0.05) is 10.8 Å². The molecular weight excluding hydrogens is 350 g/mol. The van der Waals surface area contributed by atoms with Crippen molar-refractivity contribution in [2.45, 2.75) is 5.75 Å². The Morgan fingerprint density at radius 2 is 2.13 bits per heavy atom. The maximum absolute atomic E-state index is 11.9. The summed E-state index contributed by atoms with van der Waals surface area (Å²) < 4.78 is 5.93. The SMILES string of the molecule is O=C1SC(SCc2ccccc2Cl)=N/C1=C\C=C\c1ccco1. The number of halogens is 1. The van der Waals surface area contributed by atoms with Crippen LogP contribution in [-0.2, 0) is 10.5 Å². The van der Waals surface area contributed by atoms with Crippen molar-refractivity contribution >= 4 is 50.7 Å². The van der Waals surface area contributed by atoms with Gasteiger partial charge in [-0.2, -0.15) is 0 Å². The lowest BCUT2D eigenvalue weighted by Gasteiger charge is -2.02. The first-order chi connectivity index (χ1) is 11.2. The summed E-state index contributed by atoms with van der Waals surface area (Å²) in [7, 11) is 0. The molecular formula is C17H12ClNO2S2. The lowest BCUT2D eigenvalue weighted by molar-refractivity contribution is -0.107. The standard InChI is InChI=1S/C17H12ClNO2S2/c18-14-8-2-1-5-12(14)11-22-17-19-15(16(20)23-17)9-3-6-13-7-4-10-21-13/h1-10H,11H2/b6-3+,15-9-. The number of hydrogen-bond donors (Lipinski definition) is 0. The van der Waals surface area contributed by atoms with Gasteiger partial charge in [0.25, 0.3) is 0 Å². The molecule has 0 atom stereocenters. The van der Waals surface area contributed by atoms with E-state index in [1.165, 1.54) is 11.8 Å². The number of nitrogens with zero attached hydrogens (tertiary/aromatic N) is 1. The maximum atomic E-state index is 11.9. The highest BCUT2D eigenvalue weighted by atomic mass is 35.5. The zero-order valence-corrected chi connectivity index (χ0v) is 14.3. The molecule has 0 amide bonds. The second-order valence-corrected chi connectivity index (χ2v) is 7.17. The number of rotatable bonds is 4. The molecule has 0 radical (unpaired) electrons. The number of carbonyl (C=O) groups is 1. The highest BCUT2D eigenvalue weighted by Crippen LogP contribution is 2.32. The molecule has 6 heteroatoms. The van der Waals surface area contributed by atoms with Gasteiger partial charge in [0.1, 0.15) is 15.8 Å². The average molecular weight is 362 g/mol. The molecule has 2 aromatic rings. The fourth-order valence-corrected chi connectivity index (χ4v) is 3.98. The molecule has 0 unspecified atom stereocenters. The minimum absolute atomic E-state index is 0.0456. The smallest absolute Gasteiger partial charge is 0.244 e. The summed E-state index contributed by atoms with van der Waals surface area (Å²) in [4.78, 5) is 16.3. The van der Waals surface area contributed by atoms with Crippen molar-refractivity contribution in [1.82, 2.24) is 0 Å². The van der Waals surface area contributed by atoms with E-state index in [4.69, 9.17) is 16.0 Å². The zero-order valence-electron chi connectivity index (χ0n) is 11.9. The van der Waals surface area contributed by atoms with Crippen LogP contribution in [0.25, 0.3) is 6.08 Å². The number of aliphatic imine (C=N–C) groups is 1. The van der Waals surface area contributed by atoms with E-state index in [2.05, 4.69) is 4.99 Å². The summed E-state index contributed by atoms with van der Waals surface area (Å²) in [5, 5.41) is 0.683. The molecule has 0 N–H and O–H groups in total. The van der Waals surface area contributed by atoms with Crippen LogP contribution in [0.5, 0.6) is 0 Å². The Hall–Kier alpha value is -1.69. The van der Waals surface area contributed by atoms with Crippen molar-refractivity contribution in [1.29, 1.82) is 0 Å². The van der Waals surface area contributed by atoms with E-state index in [0.29, 0.717) is 11.4 Å². The third-order valence-corrected chi connectivity index (χ3v) is 5.39. The van der Waals surface area contributed by atoms with Gasteiger partial charge >= 0.3 is 0 Å². The Balaban J connectivity index is 1.63. The largest absolute Gasteiger partial charge is 0.465 e. The van der Waals surface area contributed by atoms with Gasteiger partial charge in [-0.1, -0.05) is 47.6 Å². The summed E-state index contributed by atoms with van der Waals surface area (Å²) in [5.41, 5.74) is 1.48. The topological polar surface area (TPSA) is 42.6 Å². The first kappa shape index (κ1) is 16.2. The highest BCUT2D eigenvalue weighted by molar-refractivity contribution is 8.45. The van der Waals surface area contributed by atoms with Gasteiger partial charge in [0.2, 0.25) is 5.12 Å². The number of hydrogen-bond acceptors (Lipinski definition) is 5. The van der Waals surface area contributed by atoms with Crippen molar-refractivity contribution < 1.29 is 9.21 Å². The number of allylic oxidation sites excluding steroid dienone is 2. The molecule has 1 aromatic carbocycles. The van der Waals surface area contributed by atoms with E-state index in [9.17, 15) is 4.79 Å². The van der Waals surface area contributed by atoms with Crippen LogP contribution in [0.2, 0.25) is 5.02 Å². The fraction of sp³-hybridized carbons (Fsp3) is 0.0588. The Bertz CT molecular complexity index is 795. The van der Waals surface area contributed by atoms with E-state index >= 15 is 0 Å². The molecule has 0 saturated carbocycles. The quantitative estimate of drug-likeness (QED) is 0.684. The van der Waals surface area contributed by atoms with Crippen LogP contribution in [0.15, 0.2) is 69.9 Å². The van der Waals surface area contributed by atoms with Crippen molar-refractivity contribution in [3.63, 3.8) is 0 Å². The first-order valence-electron chi connectivity index (χ1n) is 6.81. The predicted octanol–water partition coefficient (Wildman–Crippen LogP) is 5.39. The zero-order chi connectivity index (χ0) is 16.1. The Morgan fingerprint density at radius 3 is 2.91 bits per heavy atom. The molecule has 116 valence electrons. The van der Waals surface area contributed by atoms with E-state index in [0.717, 1.165) is 32.5 Å². The molecule has 1 aliphatic heterocycles. The summed E-state index contributed by atoms with van der Waals surface area (Å²) in [6, 6.07) is 11.3. The highest BCUT2D eigenvalue weighted by Gasteiger charge is 2.22. The third-order valence-electron chi connectivity index (χ3n) is 2.97. The Kier molecular flexibility index (Phi) is 5.43. The summed E-state index contributed by atoms with van der Waals surface area (Å²) in [5.74, 6) is 1.42. The van der Waals surface area contributed by atoms with Crippen LogP contribution in [-0.4, -0.2) is 9.49 Å². The van der Waals surface area contributed by atoms with Crippen molar-refractivity contribution in [2.75, 3.05) is 0 Å². The predicted molar refractivity (Wildman–Crippen MR) is 98.6 cm³/mol. The van der Waals surface area contributed by atoms with Crippen molar-refractivity contribution in [3.8, 4) is 0 Å². The first-order valence-corrected chi connectivity index (χ1v) is 8.99. The van der Waals surface area contributed by atoms with Crippen molar-refractivity contribution in [2.24, 2.45) is 4.99 Å². The molecule has 0 fully saturated rings. The van der Waals surface area contributed by atoms with Gasteiger partial charge in [-0.25, -0.2) is 4.99 Å². The average Bonchev–Trinajstić information content (AvgIpc) is 3.17. The Labute approximate surface area is 147 Å². The van der Waals surface area contributed by atoms with E-state index in [-0.39, 0.29) is 5.12 Å². The minimum Gasteiger partial charge on any atom is -0.465 e. The molecule has 1 aromatic heterocycles. The van der Waals surface area contributed by atoms with E-state index in [1.807, 2.05) is 36.4 Å². The molecule has 3 nitrogen and oxygen atoms in total. The van der Waals surface area contributed by atoms with E-state index in [1.54, 1.807) is 24.5 Å². The molecule has 23 heavy (non-hydrogen) atoms. The van der Waals surface area contributed by atoms with Crippen LogP contribution in [0.3, 0.4) is 0 Å². The van der Waals surface area contributed by atoms with E-state index < -0.39 is 0 Å². The molecule has 0 bridgehead atoms. The third kappa shape index (κ3) is 4.41. The number of thioether (sulfide) groups is 2.